The van der Waals surface area contributed by atoms with Crippen molar-refractivity contribution in [2.75, 3.05) is 13.7 Å². The van der Waals surface area contributed by atoms with Crippen LogP contribution in [0.25, 0.3) is 0 Å². The highest BCUT2D eigenvalue weighted by atomic mass is 79.9. The van der Waals surface area contributed by atoms with E-state index in [4.69, 9.17) is 4.74 Å². The Labute approximate surface area is 128 Å². The molecule has 3 heteroatoms. The Balaban J connectivity index is 1.58. The molecule has 2 aromatic carbocycles. The third-order valence-corrected chi connectivity index (χ3v) is 4.40. The molecular formula is C17H18BrNO. The van der Waals surface area contributed by atoms with E-state index in [0.29, 0.717) is 5.92 Å². The van der Waals surface area contributed by atoms with Crippen molar-refractivity contribution in [2.24, 2.45) is 0 Å². The fourth-order valence-corrected chi connectivity index (χ4v) is 3.22. The molecule has 0 saturated heterocycles. The van der Waals surface area contributed by atoms with E-state index >= 15 is 0 Å². The van der Waals surface area contributed by atoms with E-state index in [2.05, 4.69) is 51.6 Å². The normalized spacial score (nSPS) is 16.4. The van der Waals surface area contributed by atoms with Crippen LogP contribution in [-0.4, -0.2) is 13.7 Å². The first-order chi connectivity index (χ1) is 9.78. The average Bonchev–Trinajstić information content (AvgIpc) is 2.44. The average molecular weight is 332 g/mol. The number of rotatable bonds is 5. The van der Waals surface area contributed by atoms with Crippen LogP contribution in [0.15, 0.2) is 46.9 Å². The predicted molar refractivity (Wildman–Crippen MR) is 85.3 cm³/mol. The third-order valence-electron chi connectivity index (χ3n) is 3.91. The lowest BCUT2D eigenvalue weighted by molar-refractivity contribution is 0.406. The Bertz CT molecular complexity index is 612. The summed E-state index contributed by atoms with van der Waals surface area (Å²) in [6, 6.07) is 14.8. The lowest BCUT2D eigenvalue weighted by Crippen LogP contribution is -2.28. The second kappa shape index (κ2) is 5.98. The van der Waals surface area contributed by atoms with Gasteiger partial charge in [0.1, 0.15) is 5.75 Å². The Hall–Kier alpha value is -1.32. The van der Waals surface area contributed by atoms with Gasteiger partial charge in [0.05, 0.1) is 7.11 Å². The van der Waals surface area contributed by atoms with Crippen molar-refractivity contribution >= 4 is 15.9 Å². The van der Waals surface area contributed by atoms with Gasteiger partial charge >= 0.3 is 0 Å². The summed E-state index contributed by atoms with van der Waals surface area (Å²) < 4.78 is 6.48. The molecule has 1 N–H and O–H groups in total. The van der Waals surface area contributed by atoms with Gasteiger partial charge in [0.15, 0.2) is 0 Å². The lowest BCUT2D eigenvalue weighted by atomic mass is 9.77. The summed E-state index contributed by atoms with van der Waals surface area (Å²) in [5.41, 5.74) is 4.19. The number of hydrogen-bond donors (Lipinski definition) is 1. The van der Waals surface area contributed by atoms with Crippen molar-refractivity contribution in [3.8, 4) is 5.75 Å². The molecule has 20 heavy (non-hydrogen) atoms. The van der Waals surface area contributed by atoms with Crippen LogP contribution >= 0.6 is 15.9 Å². The zero-order valence-electron chi connectivity index (χ0n) is 11.5. The monoisotopic (exact) mass is 331 g/mol. The Morgan fingerprint density at radius 3 is 2.90 bits per heavy atom. The number of methoxy groups -OCH3 is 1. The quantitative estimate of drug-likeness (QED) is 0.897. The minimum absolute atomic E-state index is 0.657. The van der Waals surface area contributed by atoms with E-state index in [9.17, 15) is 0 Å². The van der Waals surface area contributed by atoms with Gasteiger partial charge in [-0.15, -0.1) is 0 Å². The van der Waals surface area contributed by atoms with Crippen LogP contribution in [0.3, 0.4) is 0 Å². The Morgan fingerprint density at radius 2 is 2.10 bits per heavy atom. The van der Waals surface area contributed by atoms with Crippen LogP contribution < -0.4 is 10.1 Å². The minimum Gasteiger partial charge on any atom is -0.496 e. The van der Waals surface area contributed by atoms with Gasteiger partial charge in [-0.05, 0) is 35.7 Å². The molecule has 0 fully saturated rings. The highest BCUT2D eigenvalue weighted by Gasteiger charge is 2.24. The van der Waals surface area contributed by atoms with E-state index in [1.54, 1.807) is 7.11 Å². The highest BCUT2D eigenvalue weighted by molar-refractivity contribution is 9.10. The van der Waals surface area contributed by atoms with Gasteiger partial charge in [-0.25, -0.2) is 0 Å². The molecule has 0 saturated carbocycles. The Kier molecular flexibility index (Phi) is 4.08. The molecule has 0 aromatic heterocycles. The molecule has 2 aromatic rings. The van der Waals surface area contributed by atoms with Gasteiger partial charge in [-0.2, -0.15) is 0 Å². The van der Waals surface area contributed by atoms with Crippen molar-refractivity contribution in [3.05, 3.63) is 63.6 Å². The van der Waals surface area contributed by atoms with Gasteiger partial charge in [-0.3, -0.25) is 0 Å². The SMILES string of the molecule is COc1ccc(Br)cc1CNCC1Cc2ccccc21. The summed E-state index contributed by atoms with van der Waals surface area (Å²) in [5, 5.41) is 3.55. The molecule has 3 rings (SSSR count). The second-order valence-corrected chi connectivity index (χ2v) is 6.10. The number of halogens is 1. The molecule has 0 bridgehead atoms. The predicted octanol–water partition coefficient (Wildman–Crippen LogP) is 3.89. The van der Waals surface area contributed by atoms with E-state index in [1.807, 2.05) is 12.1 Å². The fourth-order valence-electron chi connectivity index (χ4n) is 2.81. The molecule has 1 unspecified atom stereocenters. The van der Waals surface area contributed by atoms with Crippen molar-refractivity contribution < 1.29 is 4.74 Å². The van der Waals surface area contributed by atoms with Crippen LogP contribution in [0.1, 0.15) is 22.6 Å². The summed E-state index contributed by atoms with van der Waals surface area (Å²) in [6.07, 6.45) is 1.19. The number of fused-ring (bicyclic) bond motifs is 1. The van der Waals surface area contributed by atoms with E-state index in [1.165, 1.54) is 23.1 Å². The maximum atomic E-state index is 5.39. The van der Waals surface area contributed by atoms with Crippen LogP contribution in [0, 0.1) is 0 Å². The van der Waals surface area contributed by atoms with Crippen LogP contribution in [0.5, 0.6) is 5.75 Å². The molecule has 1 aliphatic carbocycles. The maximum absolute atomic E-state index is 5.39. The smallest absolute Gasteiger partial charge is 0.123 e. The molecule has 0 radical (unpaired) electrons. The van der Waals surface area contributed by atoms with Crippen molar-refractivity contribution in [3.63, 3.8) is 0 Å². The molecule has 0 heterocycles. The van der Waals surface area contributed by atoms with Crippen molar-refractivity contribution in [2.45, 2.75) is 18.9 Å². The lowest BCUT2D eigenvalue weighted by Gasteiger charge is -2.30. The summed E-state index contributed by atoms with van der Waals surface area (Å²) in [6.45, 7) is 1.86. The summed E-state index contributed by atoms with van der Waals surface area (Å²) in [5.74, 6) is 1.60. The fraction of sp³-hybridized carbons (Fsp3) is 0.294. The van der Waals surface area contributed by atoms with Crippen LogP contribution in [-0.2, 0) is 13.0 Å². The second-order valence-electron chi connectivity index (χ2n) is 5.19. The first kappa shape index (κ1) is 13.7. The highest BCUT2D eigenvalue weighted by Crippen LogP contribution is 2.34. The van der Waals surface area contributed by atoms with E-state index in [-0.39, 0.29) is 0 Å². The first-order valence-electron chi connectivity index (χ1n) is 6.89. The molecular weight excluding hydrogens is 314 g/mol. The topological polar surface area (TPSA) is 21.3 Å². The standard InChI is InChI=1S/C17H18BrNO/c1-20-17-7-6-15(18)9-14(17)11-19-10-13-8-12-4-2-3-5-16(12)13/h2-7,9,13,19H,8,10-11H2,1H3. The molecule has 2 nitrogen and oxygen atoms in total. The minimum atomic E-state index is 0.657. The van der Waals surface area contributed by atoms with Gasteiger partial charge in [-0.1, -0.05) is 40.2 Å². The molecule has 0 aliphatic heterocycles. The zero-order chi connectivity index (χ0) is 13.9. The molecule has 1 aliphatic rings. The number of benzene rings is 2. The number of ether oxygens (including phenoxy) is 1. The van der Waals surface area contributed by atoms with Crippen molar-refractivity contribution in [1.29, 1.82) is 0 Å². The van der Waals surface area contributed by atoms with Crippen LogP contribution in [0.4, 0.5) is 0 Å². The molecule has 104 valence electrons. The number of nitrogens with one attached hydrogen (secondary N) is 1. The summed E-state index contributed by atoms with van der Waals surface area (Å²) >= 11 is 3.51. The first-order valence-corrected chi connectivity index (χ1v) is 7.68. The zero-order valence-corrected chi connectivity index (χ0v) is 13.1. The van der Waals surface area contributed by atoms with Gasteiger partial charge in [0, 0.05) is 29.0 Å². The van der Waals surface area contributed by atoms with Crippen molar-refractivity contribution in [1.82, 2.24) is 5.32 Å². The van der Waals surface area contributed by atoms with E-state index in [0.717, 1.165) is 23.3 Å². The van der Waals surface area contributed by atoms with Crippen LogP contribution in [0.2, 0.25) is 0 Å². The third kappa shape index (κ3) is 2.74. The molecule has 0 amide bonds. The number of hydrogen-bond acceptors (Lipinski definition) is 2. The van der Waals surface area contributed by atoms with E-state index < -0.39 is 0 Å². The Morgan fingerprint density at radius 1 is 1.25 bits per heavy atom. The summed E-state index contributed by atoms with van der Waals surface area (Å²) in [7, 11) is 1.72. The maximum Gasteiger partial charge on any atom is 0.123 e. The largest absolute Gasteiger partial charge is 0.496 e. The van der Waals surface area contributed by atoms with Gasteiger partial charge in [0.25, 0.3) is 0 Å². The molecule has 1 atom stereocenters. The summed E-state index contributed by atoms with van der Waals surface area (Å²) in [4.78, 5) is 0. The van der Waals surface area contributed by atoms with Gasteiger partial charge in [0.2, 0.25) is 0 Å². The molecule has 0 spiro atoms. The van der Waals surface area contributed by atoms with Gasteiger partial charge < -0.3 is 10.1 Å².